The molecule has 7 heteroatoms. The van der Waals surface area contributed by atoms with Gasteiger partial charge >= 0.3 is 0 Å². The van der Waals surface area contributed by atoms with Crippen molar-refractivity contribution in [3.8, 4) is 17.2 Å². The number of carbonyl (C=O) groups is 1. The van der Waals surface area contributed by atoms with Crippen molar-refractivity contribution in [1.29, 1.82) is 0 Å². The van der Waals surface area contributed by atoms with E-state index in [0.717, 1.165) is 37.2 Å². The second-order valence-electron chi connectivity index (χ2n) is 8.47. The van der Waals surface area contributed by atoms with E-state index < -0.39 is 5.41 Å². The number of ether oxygens (including phenoxy) is 2. The Kier molecular flexibility index (Phi) is 5.91. The van der Waals surface area contributed by atoms with E-state index >= 15 is 0 Å². The molecule has 0 N–H and O–H groups in total. The van der Waals surface area contributed by atoms with Gasteiger partial charge < -0.3 is 14.4 Å². The summed E-state index contributed by atoms with van der Waals surface area (Å²) >= 11 is 0. The molecular formula is C25H28FN3O3. The van der Waals surface area contributed by atoms with Crippen molar-refractivity contribution >= 4 is 5.91 Å². The topological polar surface area (TPSA) is 56.6 Å². The second-order valence-corrected chi connectivity index (χ2v) is 8.47. The van der Waals surface area contributed by atoms with E-state index in [2.05, 4.69) is 18.8 Å². The molecular weight excluding hydrogens is 409 g/mol. The number of halogens is 1. The third-order valence-corrected chi connectivity index (χ3v) is 6.18. The van der Waals surface area contributed by atoms with Gasteiger partial charge in [-0.2, -0.15) is 0 Å². The summed E-state index contributed by atoms with van der Waals surface area (Å²) in [4.78, 5) is 19.7. The smallest absolute Gasteiger partial charge is 0.290 e. The lowest BCUT2D eigenvalue weighted by Gasteiger charge is -2.28. The molecule has 4 rings (SSSR count). The maximum absolute atomic E-state index is 13.7. The minimum atomic E-state index is -0.537. The van der Waals surface area contributed by atoms with Crippen LogP contribution in [0.25, 0.3) is 5.69 Å². The van der Waals surface area contributed by atoms with Crippen LogP contribution in [0.15, 0.2) is 48.7 Å². The third kappa shape index (κ3) is 3.83. The largest absolute Gasteiger partial charge is 0.493 e. The molecule has 1 saturated heterocycles. The first kappa shape index (κ1) is 21.9. The Morgan fingerprint density at radius 3 is 2.28 bits per heavy atom. The summed E-state index contributed by atoms with van der Waals surface area (Å²) in [5.41, 5.74) is 1.94. The Morgan fingerprint density at radius 1 is 1.00 bits per heavy atom. The summed E-state index contributed by atoms with van der Waals surface area (Å²) in [6, 6.07) is 11.9. The highest BCUT2D eigenvalue weighted by atomic mass is 19.1. The average Bonchev–Trinajstić information content (AvgIpc) is 3.49. The molecule has 2 heterocycles. The molecule has 1 aliphatic heterocycles. The van der Waals surface area contributed by atoms with Gasteiger partial charge in [-0.25, -0.2) is 9.37 Å². The van der Waals surface area contributed by atoms with Crippen LogP contribution in [0.1, 0.15) is 48.6 Å². The van der Waals surface area contributed by atoms with Gasteiger partial charge in [0.05, 0.1) is 26.1 Å². The predicted molar refractivity (Wildman–Crippen MR) is 120 cm³/mol. The normalized spacial score (nSPS) is 14.0. The van der Waals surface area contributed by atoms with Crippen LogP contribution in [-0.4, -0.2) is 47.7 Å². The van der Waals surface area contributed by atoms with Gasteiger partial charge in [-0.05, 0) is 54.8 Å². The summed E-state index contributed by atoms with van der Waals surface area (Å²) in [6.45, 7) is 5.58. The molecule has 0 bridgehead atoms. The molecule has 1 fully saturated rings. The number of likely N-dealkylation sites (tertiary alicyclic amines) is 1. The molecule has 0 radical (unpaired) electrons. The van der Waals surface area contributed by atoms with Gasteiger partial charge in [0.15, 0.2) is 11.5 Å². The van der Waals surface area contributed by atoms with Crippen molar-refractivity contribution in [2.45, 2.75) is 32.1 Å². The number of hydrogen-bond acceptors (Lipinski definition) is 4. The van der Waals surface area contributed by atoms with E-state index in [1.807, 2.05) is 27.7 Å². The SMILES string of the molecule is COc1ccc(C(C)(C)c2cnc(C(=O)N3CCCC3)n2-c2ccc(F)cc2)cc1OC. The zero-order chi connectivity index (χ0) is 22.9. The van der Waals surface area contributed by atoms with Crippen LogP contribution in [0.5, 0.6) is 11.5 Å². The highest BCUT2D eigenvalue weighted by Gasteiger charge is 2.33. The zero-order valence-corrected chi connectivity index (χ0v) is 18.9. The van der Waals surface area contributed by atoms with Crippen molar-refractivity contribution in [1.82, 2.24) is 14.5 Å². The minimum absolute atomic E-state index is 0.110. The van der Waals surface area contributed by atoms with Crippen LogP contribution < -0.4 is 9.47 Å². The van der Waals surface area contributed by atoms with Crippen molar-refractivity contribution < 1.29 is 18.7 Å². The van der Waals surface area contributed by atoms with Crippen LogP contribution in [0.4, 0.5) is 4.39 Å². The molecule has 0 unspecified atom stereocenters. The molecule has 3 aromatic rings. The Hall–Kier alpha value is -3.35. The van der Waals surface area contributed by atoms with E-state index in [4.69, 9.17) is 9.47 Å². The first-order valence-corrected chi connectivity index (χ1v) is 10.7. The van der Waals surface area contributed by atoms with Crippen molar-refractivity contribution in [3.63, 3.8) is 0 Å². The maximum Gasteiger partial charge on any atom is 0.290 e. The number of amides is 1. The van der Waals surface area contributed by atoms with Gasteiger partial charge in [-0.3, -0.25) is 9.36 Å². The molecule has 32 heavy (non-hydrogen) atoms. The number of imidazole rings is 1. The van der Waals surface area contributed by atoms with Crippen molar-refractivity contribution in [2.75, 3.05) is 27.3 Å². The number of benzene rings is 2. The number of aromatic nitrogens is 2. The van der Waals surface area contributed by atoms with Gasteiger partial charge in [0.2, 0.25) is 5.82 Å². The number of hydrogen-bond donors (Lipinski definition) is 0. The molecule has 0 atom stereocenters. The van der Waals surface area contributed by atoms with E-state index in [9.17, 15) is 9.18 Å². The van der Waals surface area contributed by atoms with Crippen LogP contribution >= 0.6 is 0 Å². The van der Waals surface area contributed by atoms with Crippen LogP contribution in [0.2, 0.25) is 0 Å². The Morgan fingerprint density at radius 2 is 1.66 bits per heavy atom. The molecule has 0 saturated carbocycles. The van der Waals surface area contributed by atoms with Crippen molar-refractivity contribution in [3.05, 3.63) is 71.6 Å². The van der Waals surface area contributed by atoms with Gasteiger partial charge in [0, 0.05) is 24.2 Å². The number of methoxy groups -OCH3 is 2. The molecule has 2 aromatic carbocycles. The van der Waals surface area contributed by atoms with E-state index in [-0.39, 0.29) is 11.7 Å². The number of nitrogens with zero attached hydrogens (tertiary/aromatic N) is 3. The molecule has 1 aromatic heterocycles. The average molecular weight is 438 g/mol. The second kappa shape index (κ2) is 8.65. The lowest BCUT2D eigenvalue weighted by molar-refractivity contribution is 0.0778. The third-order valence-electron chi connectivity index (χ3n) is 6.18. The Bertz CT molecular complexity index is 1120. The van der Waals surface area contributed by atoms with Gasteiger partial charge in [0.1, 0.15) is 5.82 Å². The summed E-state index contributed by atoms with van der Waals surface area (Å²) in [6.07, 6.45) is 3.73. The minimum Gasteiger partial charge on any atom is -0.493 e. The first-order chi connectivity index (χ1) is 15.4. The fraction of sp³-hybridized carbons (Fsp3) is 0.360. The Balaban J connectivity index is 1.86. The highest BCUT2D eigenvalue weighted by Crippen LogP contribution is 2.38. The van der Waals surface area contributed by atoms with Gasteiger partial charge in [-0.15, -0.1) is 0 Å². The first-order valence-electron chi connectivity index (χ1n) is 10.7. The molecule has 1 aliphatic rings. The predicted octanol–water partition coefficient (Wildman–Crippen LogP) is 4.59. The number of carbonyl (C=O) groups excluding carboxylic acids is 1. The molecule has 0 aliphatic carbocycles. The Labute approximate surface area is 187 Å². The van der Waals surface area contributed by atoms with Crippen LogP contribution in [-0.2, 0) is 5.41 Å². The zero-order valence-electron chi connectivity index (χ0n) is 18.9. The van der Waals surface area contributed by atoms with E-state index in [1.165, 1.54) is 12.1 Å². The van der Waals surface area contributed by atoms with E-state index in [0.29, 0.717) is 23.0 Å². The van der Waals surface area contributed by atoms with Gasteiger partial charge in [-0.1, -0.05) is 19.9 Å². The summed E-state index contributed by atoms with van der Waals surface area (Å²) in [5.74, 6) is 1.16. The van der Waals surface area contributed by atoms with Gasteiger partial charge in [0.25, 0.3) is 5.91 Å². The summed E-state index contributed by atoms with van der Waals surface area (Å²) in [7, 11) is 3.20. The van der Waals surface area contributed by atoms with Crippen molar-refractivity contribution in [2.24, 2.45) is 0 Å². The van der Waals surface area contributed by atoms with Crippen LogP contribution in [0, 0.1) is 5.82 Å². The standard InChI is InChI=1S/C25H28FN3O3/c1-25(2,17-7-12-20(31-3)21(15-17)32-4)22-16-27-23(24(30)28-13-5-6-14-28)29(22)19-10-8-18(26)9-11-19/h7-12,15-16H,5-6,13-14H2,1-4H3. The lowest BCUT2D eigenvalue weighted by Crippen LogP contribution is -2.31. The molecule has 6 nitrogen and oxygen atoms in total. The fourth-order valence-electron chi connectivity index (χ4n) is 4.23. The summed E-state index contributed by atoms with van der Waals surface area (Å²) in [5, 5.41) is 0. The molecule has 0 spiro atoms. The molecule has 168 valence electrons. The quantitative estimate of drug-likeness (QED) is 0.566. The van der Waals surface area contributed by atoms with Crippen LogP contribution in [0.3, 0.4) is 0 Å². The summed E-state index contributed by atoms with van der Waals surface area (Å²) < 4.78 is 26.4. The maximum atomic E-state index is 13.7. The highest BCUT2D eigenvalue weighted by molar-refractivity contribution is 5.92. The monoisotopic (exact) mass is 437 g/mol. The van der Waals surface area contributed by atoms with E-state index in [1.54, 1.807) is 32.5 Å². The number of rotatable bonds is 6. The fourth-order valence-corrected chi connectivity index (χ4v) is 4.23. The molecule has 1 amide bonds. The lowest BCUT2D eigenvalue weighted by atomic mass is 9.81.